The van der Waals surface area contributed by atoms with E-state index in [2.05, 4.69) is 10.2 Å². The number of amides is 1. The Balaban J connectivity index is 1.43. The Bertz CT molecular complexity index is 1290. The molecule has 2 atom stereocenters. The van der Waals surface area contributed by atoms with E-state index in [0.29, 0.717) is 25.3 Å². The molecule has 8 heteroatoms. The SMILES string of the molecule is Cc1cccc2c(O)cc3c(c12)[C@H](C(Cl)Cl)CN3C(=O)C1Cc2cc(OCCN(C)C)ccc2N1. The molecular formula is C27H29Cl2N3O3. The summed E-state index contributed by atoms with van der Waals surface area (Å²) < 4.78 is 5.87. The van der Waals surface area contributed by atoms with Crippen LogP contribution in [0.3, 0.4) is 0 Å². The van der Waals surface area contributed by atoms with Gasteiger partial charge in [-0.25, -0.2) is 0 Å². The molecule has 2 aliphatic rings. The van der Waals surface area contributed by atoms with Gasteiger partial charge in [-0.15, -0.1) is 23.2 Å². The van der Waals surface area contributed by atoms with E-state index in [4.69, 9.17) is 27.9 Å². The lowest BCUT2D eigenvalue weighted by Crippen LogP contribution is -2.42. The van der Waals surface area contributed by atoms with Gasteiger partial charge in [-0.2, -0.15) is 0 Å². The first-order valence-corrected chi connectivity index (χ1v) is 12.6. The zero-order chi connectivity index (χ0) is 24.9. The molecule has 0 fully saturated rings. The normalized spacial score (nSPS) is 18.8. The quantitative estimate of drug-likeness (QED) is 0.450. The average molecular weight is 514 g/mol. The van der Waals surface area contributed by atoms with Crippen molar-refractivity contribution in [2.24, 2.45) is 0 Å². The minimum atomic E-state index is -0.686. The number of fused-ring (bicyclic) bond motifs is 4. The molecule has 2 heterocycles. The number of ether oxygens (including phenoxy) is 1. The molecular weight excluding hydrogens is 485 g/mol. The number of likely N-dealkylation sites (N-methyl/N-ethyl adjacent to an activating group) is 1. The van der Waals surface area contributed by atoms with E-state index in [-0.39, 0.29) is 17.6 Å². The molecule has 0 radical (unpaired) electrons. The van der Waals surface area contributed by atoms with E-state index in [1.54, 1.807) is 11.0 Å². The molecule has 1 amide bonds. The topological polar surface area (TPSA) is 65.0 Å². The fraction of sp³-hybridized carbons (Fsp3) is 0.370. The van der Waals surface area contributed by atoms with Crippen LogP contribution in [0.15, 0.2) is 42.5 Å². The van der Waals surface area contributed by atoms with Crippen molar-refractivity contribution in [3.8, 4) is 11.5 Å². The predicted octanol–water partition coefficient (Wildman–Crippen LogP) is 5.06. The Hall–Kier alpha value is -2.67. The molecule has 0 aromatic heterocycles. The molecule has 35 heavy (non-hydrogen) atoms. The van der Waals surface area contributed by atoms with Crippen molar-refractivity contribution < 1.29 is 14.6 Å². The lowest BCUT2D eigenvalue weighted by molar-refractivity contribution is -0.119. The van der Waals surface area contributed by atoms with Gasteiger partial charge in [0.2, 0.25) is 5.91 Å². The summed E-state index contributed by atoms with van der Waals surface area (Å²) in [7, 11) is 4.02. The molecule has 0 spiro atoms. The summed E-state index contributed by atoms with van der Waals surface area (Å²) in [4.78, 5) is 16.9. The molecule has 184 valence electrons. The van der Waals surface area contributed by atoms with Gasteiger partial charge >= 0.3 is 0 Å². The monoisotopic (exact) mass is 513 g/mol. The van der Waals surface area contributed by atoms with E-state index < -0.39 is 10.9 Å². The number of benzene rings is 3. The van der Waals surface area contributed by atoms with Gasteiger partial charge < -0.3 is 25.0 Å². The number of aryl methyl sites for hydroxylation is 1. The van der Waals surface area contributed by atoms with Crippen LogP contribution in [0.25, 0.3) is 10.8 Å². The minimum absolute atomic E-state index is 0.0682. The summed E-state index contributed by atoms with van der Waals surface area (Å²) >= 11 is 12.8. The van der Waals surface area contributed by atoms with E-state index in [9.17, 15) is 9.90 Å². The zero-order valence-electron chi connectivity index (χ0n) is 20.0. The van der Waals surface area contributed by atoms with Crippen molar-refractivity contribution in [2.75, 3.05) is 44.0 Å². The van der Waals surface area contributed by atoms with E-state index >= 15 is 0 Å². The van der Waals surface area contributed by atoms with Crippen LogP contribution in [0.4, 0.5) is 11.4 Å². The highest BCUT2D eigenvalue weighted by molar-refractivity contribution is 6.45. The van der Waals surface area contributed by atoms with Gasteiger partial charge in [0, 0.05) is 42.6 Å². The van der Waals surface area contributed by atoms with Gasteiger partial charge in [0.1, 0.15) is 29.0 Å². The summed E-state index contributed by atoms with van der Waals surface area (Å²) in [6.07, 6.45) is 0.555. The third-order valence-corrected chi connectivity index (χ3v) is 7.52. The first-order chi connectivity index (χ1) is 16.7. The molecule has 0 aliphatic carbocycles. The molecule has 3 aromatic carbocycles. The number of phenols is 1. The number of nitrogens with one attached hydrogen (secondary N) is 1. The average Bonchev–Trinajstić information content (AvgIpc) is 3.40. The van der Waals surface area contributed by atoms with E-state index in [0.717, 1.165) is 45.4 Å². The van der Waals surface area contributed by atoms with Crippen molar-refractivity contribution >= 4 is 51.3 Å². The van der Waals surface area contributed by atoms with E-state index in [1.807, 2.05) is 57.4 Å². The van der Waals surface area contributed by atoms with Gasteiger partial charge in [0.25, 0.3) is 0 Å². The van der Waals surface area contributed by atoms with Crippen LogP contribution in [0.5, 0.6) is 11.5 Å². The fourth-order valence-corrected chi connectivity index (χ4v) is 5.57. The first kappa shape index (κ1) is 24.0. The second kappa shape index (κ2) is 9.41. The molecule has 5 rings (SSSR count). The van der Waals surface area contributed by atoms with E-state index in [1.165, 1.54) is 0 Å². The van der Waals surface area contributed by atoms with Crippen LogP contribution < -0.4 is 15.0 Å². The number of carbonyl (C=O) groups excluding carboxylic acids is 1. The number of halogens is 2. The van der Waals surface area contributed by atoms with Crippen molar-refractivity contribution in [3.63, 3.8) is 0 Å². The largest absolute Gasteiger partial charge is 0.507 e. The van der Waals surface area contributed by atoms with Gasteiger partial charge in [0.15, 0.2) is 0 Å². The number of alkyl halides is 2. The van der Waals surface area contributed by atoms with Crippen molar-refractivity contribution in [3.05, 3.63) is 59.2 Å². The highest BCUT2D eigenvalue weighted by atomic mass is 35.5. The molecule has 3 aromatic rings. The second-order valence-corrected chi connectivity index (χ2v) is 10.8. The molecule has 0 bridgehead atoms. The van der Waals surface area contributed by atoms with Crippen molar-refractivity contribution in [1.29, 1.82) is 0 Å². The van der Waals surface area contributed by atoms with Crippen LogP contribution in [0.1, 0.15) is 22.6 Å². The summed E-state index contributed by atoms with van der Waals surface area (Å²) in [5.41, 5.74) is 4.59. The molecule has 6 nitrogen and oxygen atoms in total. The number of rotatable bonds is 6. The van der Waals surface area contributed by atoms with Gasteiger partial charge in [-0.3, -0.25) is 4.79 Å². The number of hydrogen-bond acceptors (Lipinski definition) is 5. The highest BCUT2D eigenvalue weighted by Crippen LogP contribution is 2.49. The van der Waals surface area contributed by atoms with Crippen molar-refractivity contribution in [2.45, 2.75) is 30.1 Å². The third kappa shape index (κ3) is 4.39. The smallest absolute Gasteiger partial charge is 0.249 e. The van der Waals surface area contributed by atoms with Crippen LogP contribution in [-0.4, -0.2) is 60.6 Å². The number of hydrogen-bond donors (Lipinski definition) is 2. The highest BCUT2D eigenvalue weighted by Gasteiger charge is 2.41. The molecule has 0 saturated heterocycles. The number of nitrogens with zero attached hydrogens (tertiary/aromatic N) is 2. The standard InChI is InChI=1S/C27H29Cl2N3O3/c1-15-5-4-6-18-23(33)13-22-25(24(15)18)19(26(28)29)14-32(22)27(34)21-12-16-11-17(7-8-20(16)30-21)35-10-9-31(2)3/h4-8,11,13,19,21,26,30,33H,9-10,12,14H2,1-3H3/t19-,21?/m1/s1. The summed E-state index contributed by atoms with van der Waals surface area (Å²) in [6, 6.07) is 12.9. The summed E-state index contributed by atoms with van der Waals surface area (Å²) in [5.74, 6) is 0.623. The summed E-state index contributed by atoms with van der Waals surface area (Å²) in [6.45, 7) is 3.79. The second-order valence-electron chi connectivity index (χ2n) is 9.59. The summed E-state index contributed by atoms with van der Waals surface area (Å²) in [5, 5.41) is 15.8. The number of anilines is 2. The third-order valence-electron chi connectivity index (χ3n) is 6.91. The Morgan fingerprint density at radius 1 is 1.26 bits per heavy atom. The maximum Gasteiger partial charge on any atom is 0.249 e. The Morgan fingerprint density at radius 3 is 2.80 bits per heavy atom. The van der Waals surface area contributed by atoms with Gasteiger partial charge in [0.05, 0.1) is 5.69 Å². The van der Waals surface area contributed by atoms with Crippen LogP contribution in [-0.2, 0) is 11.2 Å². The first-order valence-electron chi connectivity index (χ1n) is 11.8. The van der Waals surface area contributed by atoms with Crippen molar-refractivity contribution in [1.82, 2.24) is 4.90 Å². The molecule has 1 unspecified atom stereocenters. The molecule has 2 aliphatic heterocycles. The fourth-order valence-electron chi connectivity index (χ4n) is 5.16. The Morgan fingerprint density at radius 2 is 2.06 bits per heavy atom. The lowest BCUT2D eigenvalue weighted by Gasteiger charge is -2.22. The zero-order valence-corrected chi connectivity index (χ0v) is 21.5. The van der Waals surface area contributed by atoms with Crippen LogP contribution in [0.2, 0.25) is 0 Å². The van der Waals surface area contributed by atoms with Crippen LogP contribution >= 0.6 is 23.2 Å². The maximum absolute atomic E-state index is 13.8. The lowest BCUT2D eigenvalue weighted by atomic mass is 9.92. The van der Waals surface area contributed by atoms with Gasteiger partial charge in [-0.1, -0.05) is 18.2 Å². The number of carbonyl (C=O) groups is 1. The molecule has 0 saturated carbocycles. The molecule has 2 N–H and O–H groups in total. The maximum atomic E-state index is 13.8. The van der Waals surface area contributed by atoms with Crippen LogP contribution in [0, 0.1) is 6.92 Å². The Kier molecular flexibility index (Phi) is 6.47. The van der Waals surface area contributed by atoms with Gasteiger partial charge in [-0.05, 0) is 61.3 Å². The minimum Gasteiger partial charge on any atom is -0.507 e. The number of aromatic hydroxyl groups is 1. The predicted molar refractivity (Wildman–Crippen MR) is 143 cm³/mol. The number of phenolic OH excluding ortho intramolecular Hbond substituents is 1. The Labute approximate surface area is 215 Å².